The third kappa shape index (κ3) is 5.74. The zero-order valence-electron chi connectivity index (χ0n) is 9.02. The second kappa shape index (κ2) is 5.90. The van der Waals surface area contributed by atoms with Gasteiger partial charge in [-0.25, -0.2) is 4.79 Å². The van der Waals surface area contributed by atoms with Gasteiger partial charge in [0, 0.05) is 6.08 Å². The van der Waals surface area contributed by atoms with E-state index in [4.69, 9.17) is 5.11 Å². The zero-order valence-corrected chi connectivity index (χ0v) is 9.02. The van der Waals surface area contributed by atoms with Crippen LogP contribution in [0.2, 0.25) is 0 Å². The molecule has 6 heteroatoms. The van der Waals surface area contributed by atoms with Crippen molar-refractivity contribution < 1.29 is 27.8 Å². The first kappa shape index (κ1) is 13.8. The lowest BCUT2D eigenvalue weighted by atomic mass is 10.2. The van der Waals surface area contributed by atoms with Crippen LogP contribution in [0.5, 0.6) is 5.75 Å². The van der Waals surface area contributed by atoms with E-state index in [0.29, 0.717) is 5.56 Å². The predicted octanol–water partition coefficient (Wildman–Crippen LogP) is 3.24. The summed E-state index contributed by atoms with van der Waals surface area (Å²) in [7, 11) is 0. The third-order valence-electron chi connectivity index (χ3n) is 1.75. The number of ether oxygens (including phenoxy) is 1. The van der Waals surface area contributed by atoms with E-state index in [2.05, 4.69) is 4.74 Å². The fourth-order valence-electron chi connectivity index (χ4n) is 1.09. The van der Waals surface area contributed by atoms with Crippen molar-refractivity contribution in [2.75, 3.05) is 0 Å². The number of carbonyl (C=O) groups is 1. The first-order valence-corrected chi connectivity index (χ1v) is 4.80. The van der Waals surface area contributed by atoms with Gasteiger partial charge in [0.25, 0.3) is 0 Å². The summed E-state index contributed by atoms with van der Waals surface area (Å²) in [5.74, 6) is -1.38. The first-order chi connectivity index (χ1) is 8.37. The summed E-state index contributed by atoms with van der Waals surface area (Å²) in [6, 6.07) is 5.19. The molecule has 3 nitrogen and oxygen atoms in total. The highest BCUT2D eigenvalue weighted by molar-refractivity contribution is 5.80. The van der Waals surface area contributed by atoms with E-state index in [9.17, 15) is 18.0 Å². The summed E-state index contributed by atoms with van der Waals surface area (Å²) in [5.41, 5.74) is 0.625. The SMILES string of the molecule is O=C(O)C=CC=Cc1ccc(OC(F)(F)F)cc1. The summed E-state index contributed by atoms with van der Waals surface area (Å²) in [4.78, 5) is 10.1. The maximum absolute atomic E-state index is 11.9. The topological polar surface area (TPSA) is 46.5 Å². The molecule has 0 heterocycles. The minimum atomic E-state index is -4.71. The van der Waals surface area contributed by atoms with Crippen LogP contribution in [0.15, 0.2) is 42.5 Å². The van der Waals surface area contributed by atoms with Gasteiger partial charge in [0.1, 0.15) is 5.75 Å². The molecule has 0 atom stereocenters. The summed E-state index contributed by atoms with van der Waals surface area (Å²) in [5, 5.41) is 8.31. The molecule has 0 fully saturated rings. The molecule has 0 saturated carbocycles. The van der Waals surface area contributed by atoms with Gasteiger partial charge in [-0.1, -0.05) is 30.4 Å². The van der Waals surface area contributed by atoms with Crippen LogP contribution in [-0.2, 0) is 4.79 Å². The molecule has 0 amide bonds. The molecule has 0 aliphatic heterocycles. The molecule has 1 rings (SSSR count). The van der Waals surface area contributed by atoms with Crippen molar-refractivity contribution in [1.82, 2.24) is 0 Å². The molecule has 96 valence electrons. The summed E-state index contributed by atoms with van der Waals surface area (Å²) in [6.45, 7) is 0. The van der Waals surface area contributed by atoms with Crippen molar-refractivity contribution in [3.8, 4) is 5.75 Å². The lowest BCUT2D eigenvalue weighted by Crippen LogP contribution is -2.16. The maximum atomic E-state index is 11.9. The van der Waals surface area contributed by atoms with Gasteiger partial charge in [-0.2, -0.15) is 0 Å². The number of alkyl halides is 3. The summed E-state index contributed by atoms with van der Waals surface area (Å²) in [6.07, 6.45) is 0.562. The molecular formula is C12H9F3O3. The number of benzene rings is 1. The van der Waals surface area contributed by atoms with Crippen molar-refractivity contribution in [3.63, 3.8) is 0 Å². The van der Waals surface area contributed by atoms with Gasteiger partial charge in [0.15, 0.2) is 0 Å². The van der Waals surface area contributed by atoms with E-state index in [1.54, 1.807) is 6.08 Å². The lowest BCUT2D eigenvalue weighted by Gasteiger charge is -2.08. The Morgan fingerprint density at radius 2 is 1.78 bits per heavy atom. The molecule has 0 saturated heterocycles. The molecule has 0 unspecified atom stereocenters. The number of hydrogen-bond donors (Lipinski definition) is 1. The van der Waals surface area contributed by atoms with Gasteiger partial charge >= 0.3 is 12.3 Å². The van der Waals surface area contributed by atoms with Crippen LogP contribution in [0.25, 0.3) is 6.08 Å². The largest absolute Gasteiger partial charge is 0.573 e. The molecule has 0 aromatic heterocycles. The van der Waals surface area contributed by atoms with Crippen LogP contribution < -0.4 is 4.74 Å². The van der Waals surface area contributed by atoms with E-state index in [0.717, 1.165) is 6.08 Å². The van der Waals surface area contributed by atoms with Gasteiger partial charge < -0.3 is 9.84 Å². The molecule has 0 radical (unpaired) electrons. The number of rotatable bonds is 4. The van der Waals surface area contributed by atoms with E-state index in [1.807, 2.05) is 0 Å². The monoisotopic (exact) mass is 258 g/mol. The van der Waals surface area contributed by atoms with Gasteiger partial charge in [-0.3, -0.25) is 0 Å². The number of halogens is 3. The normalized spacial score (nSPS) is 12.2. The van der Waals surface area contributed by atoms with E-state index in [1.165, 1.54) is 36.4 Å². The van der Waals surface area contributed by atoms with Gasteiger partial charge in [0.2, 0.25) is 0 Å². The third-order valence-corrected chi connectivity index (χ3v) is 1.75. The van der Waals surface area contributed by atoms with Crippen LogP contribution in [0, 0.1) is 0 Å². The van der Waals surface area contributed by atoms with Crippen LogP contribution in [0.4, 0.5) is 13.2 Å². The Kier molecular flexibility index (Phi) is 4.53. The highest BCUT2D eigenvalue weighted by Gasteiger charge is 2.30. The Hall–Kier alpha value is -2.24. The lowest BCUT2D eigenvalue weighted by molar-refractivity contribution is -0.274. The van der Waals surface area contributed by atoms with E-state index >= 15 is 0 Å². The van der Waals surface area contributed by atoms with Crippen LogP contribution >= 0.6 is 0 Å². The smallest absolute Gasteiger partial charge is 0.478 e. The average molecular weight is 258 g/mol. The molecule has 18 heavy (non-hydrogen) atoms. The molecule has 1 N–H and O–H groups in total. The number of aliphatic carboxylic acids is 1. The number of hydrogen-bond acceptors (Lipinski definition) is 2. The van der Waals surface area contributed by atoms with Crippen molar-refractivity contribution in [1.29, 1.82) is 0 Å². The Labute approximate surface area is 101 Å². The fraction of sp³-hybridized carbons (Fsp3) is 0.0833. The molecule has 0 aliphatic rings. The van der Waals surface area contributed by atoms with Crippen molar-refractivity contribution in [2.24, 2.45) is 0 Å². The molecule has 1 aromatic carbocycles. The summed E-state index contributed by atoms with van der Waals surface area (Å²) < 4.78 is 39.3. The molecular weight excluding hydrogens is 249 g/mol. The van der Waals surface area contributed by atoms with Gasteiger partial charge in [0.05, 0.1) is 0 Å². The predicted molar refractivity (Wildman–Crippen MR) is 58.9 cm³/mol. The molecule has 0 bridgehead atoms. The Balaban J connectivity index is 2.63. The van der Waals surface area contributed by atoms with Crippen molar-refractivity contribution in [3.05, 3.63) is 48.1 Å². The van der Waals surface area contributed by atoms with Crippen molar-refractivity contribution >= 4 is 12.0 Å². The second-order valence-corrected chi connectivity index (χ2v) is 3.17. The number of carboxylic acid groups (broad SMARTS) is 1. The van der Waals surface area contributed by atoms with Crippen LogP contribution in [0.3, 0.4) is 0 Å². The Morgan fingerprint density at radius 3 is 2.28 bits per heavy atom. The van der Waals surface area contributed by atoms with E-state index in [-0.39, 0.29) is 5.75 Å². The highest BCUT2D eigenvalue weighted by atomic mass is 19.4. The van der Waals surface area contributed by atoms with Crippen LogP contribution in [-0.4, -0.2) is 17.4 Å². The zero-order chi connectivity index (χ0) is 13.6. The first-order valence-electron chi connectivity index (χ1n) is 4.80. The summed E-state index contributed by atoms with van der Waals surface area (Å²) >= 11 is 0. The van der Waals surface area contributed by atoms with Crippen LogP contribution in [0.1, 0.15) is 5.56 Å². The Morgan fingerprint density at radius 1 is 1.17 bits per heavy atom. The minimum Gasteiger partial charge on any atom is -0.478 e. The maximum Gasteiger partial charge on any atom is 0.573 e. The molecule has 0 aliphatic carbocycles. The standard InChI is InChI=1S/C12H9F3O3/c13-12(14,15)18-10-7-5-9(6-8-10)3-1-2-4-11(16)17/h1-8H,(H,16,17). The Bertz CT molecular complexity index is 458. The molecule has 0 spiro atoms. The average Bonchev–Trinajstić information content (AvgIpc) is 2.24. The van der Waals surface area contributed by atoms with Gasteiger partial charge in [-0.05, 0) is 17.7 Å². The molecule has 1 aromatic rings. The number of carboxylic acids is 1. The van der Waals surface area contributed by atoms with Gasteiger partial charge in [-0.15, -0.1) is 13.2 Å². The fourth-order valence-corrected chi connectivity index (χ4v) is 1.09. The van der Waals surface area contributed by atoms with E-state index < -0.39 is 12.3 Å². The highest BCUT2D eigenvalue weighted by Crippen LogP contribution is 2.22. The number of allylic oxidation sites excluding steroid dienone is 2. The quantitative estimate of drug-likeness (QED) is 0.666. The second-order valence-electron chi connectivity index (χ2n) is 3.17. The van der Waals surface area contributed by atoms with Crippen molar-refractivity contribution in [2.45, 2.75) is 6.36 Å². The minimum absolute atomic E-state index is 0.305.